The third-order valence-electron chi connectivity index (χ3n) is 2.94. The number of hydrogen-bond donors (Lipinski definition) is 1. The molecule has 0 saturated carbocycles. The standard InChI is InChI=1S/C16H18BrNO/c1-11-4-3-5-13(8-11)10-19-16-9-14(17)6-7-15(16)12(2)18/h3-9,12H,10,18H2,1-2H3/t12-/m0/s1. The lowest BCUT2D eigenvalue weighted by Crippen LogP contribution is -2.08. The van der Waals surface area contributed by atoms with Gasteiger partial charge in [-0.3, -0.25) is 0 Å². The molecular formula is C16H18BrNO. The summed E-state index contributed by atoms with van der Waals surface area (Å²) in [6.45, 7) is 4.59. The van der Waals surface area contributed by atoms with E-state index in [0.717, 1.165) is 21.3 Å². The molecule has 0 radical (unpaired) electrons. The molecule has 2 nitrogen and oxygen atoms in total. The van der Waals surface area contributed by atoms with Crippen LogP contribution >= 0.6 is 15.9 Å². The van der Waals surface area contributed by atoms with E-state index in [1.54, 1.807) is 0 Å². The van der Waals surface area contributed by atoms with Crippen LogP contribution in [0.5, 0.6) is 5.75 Å². The van der Waals surface area contributed by atoms with Gasteiger partial charge < -0.3 is 10.5 Å². The summed E-state index contributed by atoms with van der Waals surface area (Å²) in [5, 5.41) is 0. The van der Waals surface area contributed by atoms with Crippen molar-refractivity contribution in [3.8, 4) is 5.75 Å². The highest BCUT2D eigenvalue weighted by Gasteiger charge is 2.09. The smallest absolute Gasteiger partial charge is 0.125 e. The topological polar surface area (TPSA) is 35.2 Å². The fourth-order valence-corrected chi connectivity index (χ4v) is 2.31. The number of nitrogens with two attached hydrogens (primary N) is 1. The van der Waals surface area contributed by atoms with E-state index in [2.05, 4.69) is 41.1 Å². The van der Waals surface area contributed by atoms with Crippen LogP contribution < -0.4 is 10.5 Å². The van der Waals surface area contributed by atoms with Crippen molar-refractivity contribution >= 4 is 15.9 Å². The third-order valence-corrected chi connectivity index (χ3v) is 3.44. The van der Waals surface area contributed by atoms with Crippen LogP contribution in [0, 0.1) is 6.92 Å². The molecule has 2 aromatic rings. The maximum absolute atomic E-state index is 5.96. The molecule has 2 N–H and O–H groups in total. The minimum absolute atomic E-state index is 0.0411. The van der Waals surface area contributed by atoms with Gasteiger partial charge in [-0.15, -0.1) is 0 Å². The summed E-state index contributed by atoms with van der Waals surface area (Å²) in [7, 11) is 0. The van der Waals surface area contributed by atoms with Gasteiger partial charge in [-0.25, -0.2) is 0 Å². The molecule has 0 aromatic heterocycles. The minimum atomic E-state index is -0.0411. The Kier molecular flexibility index (Phi) is 4.61. The number of aryl methyl sites for hydroxylation is 1. The molecule has 0 spiro atoms. The van der Waals surface area contributed by atoms with Gasteiger partial charge in [0.2, 0.25) is 0 Å². The monoisotopic (exact) mass is 319 g/mol. The second-order valence-electron chi connectivity index (χ2n) is 4.75. The SMILES string of the molecule is Cc1cccc(COc2cc(Br)ccc2[C@H](C)N)c1. The van der Waals surface area contributed by atoms with Crippen LogP contribution in [-0.4, -0.2) is 0 Å². The van der Waals surface area contributed by atoms with Gasteiger partial charge >= 0.3 is 0 Å². The van der Waals surface area contributed by atoms with Crippen LogP contribution in [0.4, 0.5) is 0 Å². The van der Waals surface area contributed by atoms with Crippen molar-refractivity contribution < 1.29 is 4.74 Å². The van der Waals surface area contributed by atoms with Gasteiger partial charge in [0.25, 0.3) is 0 Å². The summed E-state index contributed by atoms with van der Waals surface area (Å²) < 4.78 is 6.91. The van der Waals surface area contributed by atoms with Crippen molar-refractivity contribution in [1.29, 1.82) is 0 Å². The predicted molar refractivity (Wildman–Crippen MR) is 82.3 cm³/mol. The zero-order valence-corrected chi connectivity index (χ0v) is 12.8. The molecule has 0 unspecified atom stereocenters. The van der Waals surface area contributed by atoms with Gasteiger partial charge in [0, 0.05) is 16.1 Å². The van der Waals surface area contributed by atoms with Crippen molar-refractivity contribution in [2.45, 2.75) is 26.5 Å². The Morgan fingerprint density at radius 3 is 2.68 bits per heavy atom. The molecule has 0 aliphatic heterocycles. The van der Waals surface area contributed by atoms with Gasteiger partial charge in [0.05, 0.1) is 0 Å². The van der Waals surface area contributed by atoms with E-state index in [1.165, 1.54) is 5.56 Å². The molecule has 2 rings (SSSR count). The molecule has 0 bridgehead atoms. The summed E-state index contributed by atoms with van der Waals surface area (Å²) in [6, 6.07) is 14.2. The number of ether oxygens (including phenoxy) is 1. The van der Waals surface area contributed by atoms with Crippen molar-refractivity contribution in [2.75, 3.05) is 0 Å². The first-order chi connectivity index (χ1) is 9.06. The Labute approximate surface area is 122 Å². The first-order valence-electron chi connectivity index (χ1n) is 6.29. The summed E-state index contributed by atoms with van der Waals surface area (Å²) in [5.74, 6) is 0.839. The first-order valence-corrected chi connectivity index (χ1v) is 7.09. The highest BCUT2D eigenvalue weighted by atomic mass is 79.9. The molecule has 0 saturated heterocycles. The number of hydrogen-bond acceptors (Lipinski definition) is 2. The second-order valence-corrected chi connectivity index (χ2v) is 5.66. The van der Waals surface area contributed by atoms with Gasteiger partial charge in [-0.2, -0.15) is 0 Å². The molecule has 2 aromatic carbocycles. The molecule has 0 fully saturated rings. The van der Waals surface area contributed by atoms with E-state index in [4.69, 9.17) is 10.5 Å². The van der Waals surface area contributed by atoms with Gasteiger partial charge in [0.1, 0.15) is 12.4 Å². The van der Waals surface area contributed by atoms with E-state index >= 15 is 0 Å². The van der Waals surface area contributed by atoms with Crippen LogP contribution in [-0.2, 0) is 6.61 Å². The zero-order valence-electron chi connectivity index (χ0n) is 11.2. The normalized spacial score (nSPS) is 12.2. The van der Waals surface area contributed by atoms with Crippen molar-refractivity contribution in [3.05, 3.63) is 63.6 Å². The molecule has 100 valence electrons. The predicted octanol–water partition coefficient (Wildman–Crippen LogP) is 4.36. The van der Waals surface area contributed by atoms with E-state index in [9.17, 15) is 0 Å². The quantitative estimate of drug-likeness (QED) is 0.908. The van der Waals surface area contributed by atoms with Gasteiger partial charge in [0.15, 0.2) is 0 Å². The zero-order chi connectivity index (χ0) is 13.8. The van der Waals surface area contributed by atoms with E-state index in [-0.39, 0.29) is 6.04 Å². The van der Waals surface area contributed by atoms with E-state index in [1.807, 2.05) is 31.2 Å². The Bertz CT molecular complexity index is 566. The van der Waals surface area contributed by atoms with Crippen molar-refractivity contribution in [1.82, 2.24) is 0 Å². The highest BCUT2D eigenvalue weighted by molar-refractivity contribution is 9.10. The molecule has 0 amide bonds. The average molecular weight is 320 g/mol. The summed E-state index contributed by atoms with van der Waals surface area (Å²) in [5.41, 5.74) is 9.39. The van der Waals surface area contributed by atoms with Crippen molar-refractivity contribution in [2.24, 2.45) is 5.73 Å². The lowest BCUT2D eigenvalue weighted by atomic mass is 10.1. The Morgan fingerprint density at radius 2 is 2.00 bits per heavy atom. The maximum atomic E-state index is 5.96. The van der Waals surface area contributed by atoms with Crippen molar-refractivity contribution in [3.63, 3.8) is 0 Å². The molecule has 3 heteroatoms. The van der Waals surface area contributed by atoms with Crippen LogP contribution in [0.25, 0.3) is 0 Å². The van der Waals surface area contributed by atoms with Crippen LogP contribution in [0.15, 0.2) is 46.9 Å². The number of rotatable bonds is 4. The van der Waals surface area contributed by atoms with Gasteiger partial charge in [-0.05, 0) is 31.5 Å². The number of benzene rings is 2. The Morgan fingerprint density at radius 1 is 1.21 bits per heavy atom. The molecule has 0 heterocycles. The maximum Gasteiger partial charge on any atom is 0.125 e. The van der Waals surface area contributed by atoms with Crippen LogP contribution in [0.3, 0.4) is 0 Å². The Balaban J connectivity index is 2.17. The largest absolute Gasteiger partial charge is 0.489 e. The summed E-state index contributed by atoms with van der Waals surface area (Å²) in [6.07, 6.45) is 0. The lowest BCUT2D eigenvalue weighted by molar-refractivity contribution is 0.301. The Hall–Kier alpha value is -1.32. The number of halogens is 1. The molecule has 0 aliphatic rings. The van der Waals surface area contributed by atoms with Gasteiger partial charge in [-0.1, -0.05) is 51.8 Å². The summed E-state index contributed by atoms with van der Waals surface area (Å²) in [4.78, 5) is 0. The summed E-state index contributed by atoms with van der Waals surface area (Å²) >= 11 is 3.46. The third kappa shape index (κ3) is 3.82. The fraction of sp³-hybridized carbons (Fsp3) is 0.250. The molecule has 1 atom stereocenters. The molecular weight excluding hydrogens is 302 g/mol. The first kappa shape index (κ1) is 14.1. The highest BCUT2D eigenvalue weighted by Crippen LogP contribution is 2.28. The van der Waals surface area contributed by atoms with E-state index < -0.39 is 0 Å². The molecule has 19 heavy (non-hydrogen) atoms. The molecule has 0 aliphatic carbocycles. The average Bonchev–Trinajstić information content (AvgIpc) is 2.36. The van der Waals surface area contributed by atoms with Crippen LogP contribution in [0.1, 0.15) is 29.7 Å². The minimum Gasteiger partial charge on any atom is -0.489 e. The second kappa shape index (κ2) is 6.22. The fourth-order valence-electron chi connectivity index (χ4n) is 1.97. The van der Waals surface area contributed by atoms with E-state index in [0.29, 0.717) is 6.61 Å². The lowest BCUT2D eigenvalue weighted by Gasteiger charge is -2.14. The van der Waals surface area contributed by atoms with Crippen LogP contribution in [0.2, 0.25) is 0 Å².